The first-order valence-electron chi connectivity index (χ1n) is 5.06. The third-order valence-electron chi connectivity index (χ3n) is 2.23. The molecule has 0 unspecified atom stereocenters. The average molecular weight is 260 g/mol. The van der Waals surface area contributed by atoms with Crippen LogP contribution in [0.15, 0.2) is 12.1 Å². The summed E-state index contributed by atoms with van der Waals surface area (Å²) in [5.74, 6) is 0.112. The van der Waals surface area contributed by atoms with E-state index in [1.165, 1.54) is 12.1 Å². The summed E-state index contributed by atoms with van der Waals surface area (Å²) in [6.45, 7) is 3.61. The maximum absolute atomic E-state index is 10.8. The van der Waals surface area contributed by atoms with E-state index in [0.29, 0.717) is 6.42 Å². The average Bonchev–Trinajstić information content (AvgIpc) is 2.15. The minimum atomic E-state index is -0.527. The van der Waals surface area contributed by atoms with Crippen LogP contribution in [-0.4, -0.2) is 27.2 Å². The van der Waals surface area contributed by atoms with Crippen LogP contribution in [0.5, 0.6) is 0 Å². The molecular formula is C10H14ClN3O3. The van der Waals surface area contributed by atoms with Crippen molar-refractivity contribution in [3.63, 3.8) is 0 Å². The minimum absolute atomic E-state index is 0.0195. The third-order valence-corrected chi connectivity index (χ3v) is 2.44. The fraction of sp³-hybridized carbons (Fsp3) is 0.500. The summed E-state index contributed by atoms with van der Waals surface area (Å²) >= 11 is 5.70. The fourth-order valence-electron chi connectivity index (χ4n) is 1.33. The van der Waals surface area contributed by atoms with Crippen LogP contribution in [0.25, 0.3) is 0 Å². The van der Waals surface area contributed by atoms with Crippen LogP contribution < -0.4 is 5.32 Å². The molecule has 2 N–H and O–H groups in total. The van der Waals surface area contributed by atoms with Gasteiger partial charge in [0.2, 0.25) is 5.82 Å². The number of nitrogens with one attached hydrogen (secondary N) is 1. The highest BCUT2D eigenvalue weighted by Crippen LogP contribution is 2.27. The van der Waals surface area contributed by atoms with E-state index in [2.05, 4.69) is 10.3 Å². The van der Waals surface area contributed by atoms with Gasteiger partial charge in [-0.2, -0.15) is 0 Å². The molecular weight excluding hydrogens is 246 g/mol. The summed E-state index contributed by atoms with van der Waals surface area (Å²) in [4.78, 5) is 14.2. The highest BCUT2D eigenvalue weighted by Gasteiger charge is 2.23. The molecule has 0 saturated carbocycles. The van der Waals surface area contributed by atoms with Gasteiger partial charge in [0.1, 0.15) is 5.15 Å². The van der Waals surface area contributed by atoms with Crippen molar-refractivity contribution in [2.75, 3.05) is 11.9 Å². The van der Waals surface area contributed by atoms with Gasteiger partial charge < -0.3 is 10.4 Å². The lowest BCUT2D eigenvalue weighted by Gasteiger charge is -2.25. The summed E-state index contributed by atoms with van der Waals surface area (Å²) in [6, 6.07) is 2.66. The molecule has 0 amide bonds. The molecule has 1 aromatic heterocycles. The van der Waals surface area contributed by atoms with Gasteiger partial charge in [-0.05, 0) is 26.3 Å². The monoisotopic (exact) mass is 259 g/mol. The van der Waals surface area contributed by atoms with Crippen molar-refractivity contribution in [2.45, 2.75) is 25.8 Å². The Balaban J connectivity index is 3.04. The molecule has 1 heterocycles. The van der Waals surface area contributed by atoms with E-state index in [9.17, 15) is 10.1 Å². The van der Waals surface area contributed by atoms with Gasteiger partial charge in [-0.1, -0.05) is 11.6 Å². The zero-order chi connectivity index (χ0) is 13.1. The van der Waals surface area contributed by atoms with E-state index in [0.717, 1.165) is 0 Å². The summed E-state index contributed by atoms with van der Waals surface area (Å²) in [7, 11) is 0. The van der Waals surface area contributed by atoms with E-state index in [-0.39, 0.29) is 23.3 Å². The van der Waals surface area contributed by atoms with Crippen molar-refractivity contribution in [1.82, 2.24) is 4.98 Å². The molecule has 0 radical (unpaired) electrons. The van der Waals surface area contributed by atoms with Crippen molar-refractivity contribution in [3.8, 4) is 0 Å². The number of hydrogen-bond donors (Lipinski definition) is 2. The van der Waals surface area contributed by atoms with Gasteiger partial charge in [-0.25, -0.2) is 4.98 Å². The molecule has 0 spiro atoms. The van der Waals surface area contributed by atoms with E-state index in [4.69, 9.17) is 16.7 Å². The van der Waals surface area contributed by atoms with E-state index in [1.807, 2.05) is 13.8 Å². The van der Waals surface area contributed by atoms with E-state index < -0.39 is 10.5 Å². The lowest BCUT2D eigenvalue weighted by Crippen LogP contribution is -2.32. The Hall–Kier alpha value is -1.40. The highest BCUT2D eigenvalue weighted by atomic mass is 35.5. The van der Waals surface area contributed by atoms with Gasteiger partial charge in [0, 0.05) is 18.2 Å². The van der Waals surface area contributed by atoms with Gasteiger partial charge in [0.15, 0.2) is 0 Å². The molecule has 94 valence electrons. The number of pyridine rings is 1. The molecule has 0 fully saturated rings. The van der Waals surface area contributed by atoms with Crippen LogP contribution >= 0.6 is 11.6 Å². The predicted octanol–water partition coefficient (Wildman–Crippen LogP) is 2.22. The second-order valence-electron chi connectivity index (χ2n) is 4.24. The first kappa shape index (κ1) is 13.7. The molecule has 1 aromatic rings. The first-order valence-corrected chi connectivity index (χ1v) is 5.43. The van der Waals surface area contributed by atoms with Gasteiger partial charge in [0.05, 0.1) is 4.92 Å². The normalized spacial score (nSPS) is 11.3. The fourth-order valence-corrected chi connectivity index (χ4v) is 1.48. The van der Waals surface area contributed by atoms with Crippen molar-refractivity contribution < 1.29 is 10.0 Å². The van der Waals surface area contributed by atoms with Crippen molar-refractivity contribution in [3.05, 3.63) is 27.4 Å². The van der Waals surface area contributed by atoms with Crippen LogP contribution in [-0.2, 0) is 0 Å². The maximum Gasteiger partial charge on any atom is 0.311 e. The zero-order valence-corrected chi connectivity index (χ0v) is 10.4. The number of nitrogens with zero attached hydrogens (tertiary/aromatic N) is 2. The molecule has 6 nitrogen and oxygen atoms in total. The molecule has 0 bridgehead atoms. The lowest BCUT2D eigenvalue weighted by molar-refractivity contribution is -0.384. The maximum atomic E-state index is 10.8. The van der Waals surface area contributed by atoms with Crippen LogP contribution in [0.1, 0.15) is 20.3 Å². The predicted molar refractivity (Wildman–Crippen MR) is 65.3 cm³/mol. The lowest BCUT2D eigenvalue weighted by atomic mass is 10.0. The summed E-state index contributed by atoms with van der Waals surface area (Å²) in [5, 5.41) is 22.8. The highest BCUT2D eigenvalue weighted by molar-refractivity contribution is 6.29. The quantitative estimate of drug-likeness (QED) is 0.481. The topological polar surface area (TPSA) is 88.3 Å². The Labute approximate surface area is 104 Å². The van der Waals surface area contributed by atoms with Crippen LogP contribution in [0.2, 0.25) is 5.15 Å². The molecule has 7 heteroatoms. The summed E-state index contributed by atoms with van der Waals surface area (Å²) in [6.07, 6.45) is 0.443. The third kappa shape index (κ3) is 3.83. The number of hydrogen-bond acceptors (Lipinski definition) is 5. The number of rotatable bonds is 5. The Bertz CT molecular complexity index is 423. The number of aromatic nitrogens is 1. The van der Waals surface area contributed by atoms with Gasteiger partial charge in [0.25, 0.3) is 0 Å². The molecule has 0 aliphatic rings. The van der Waals surface area contributed by atoms with Crippen LogP contribution in [0, 0.1) is 10.1 Å². The van der Waals surface area contributed by atoms with Crippen molar-refractivity contribution >= 4 is 23.1 Å². The van der Waals surface area contributed by atoms with Crippen molar-refractivity contribution in [2.24, 2.45) is 0 Å². The second-order valence-corrected chi connectivity index (χ2v) is 4.63. The van der Waals surface area contributed by atoms with E-state index in [1.54, 1.807) is 0 Å². The number of halogens is 1. The molecule has 17 heavy (non-hydrogen) atoms. The van der Waals surface area contributed by atoms with Crippen LogP contribution in [0.3, 0.4) is 0 Å². The minimum Gasteiger partial charge on any atom is -0.396 e. The van der Waals surface area contributed by atoms with Crippen molar-refractivity contribution in [1.29, 1.82) is 0 Å². The Morgan fingerprint density at radius 2 is 2.24 bits per heavy atom. The van der Waals surface area contributed by atoms with Gasteiger partial charge in [-0.3, -0.25) is 10.1 Å². The Morgan fingerprint density at radius 3 is 2.76 bits per heavy atom. The molecule has 0 aliphatic heterocycles. The Morgan fingerprint density at radius 1 is 1.59 bits per heavy atom. The largest absolute Gasteiger partial charge is 0.396 e. The molecule has 0 aromatic carbocycles. The SMILES string of the molecule is CC(C)(CCO)Nc1nc(Cl)ccc1[N+](=O)[O-]. The number of aliphatic hydroxyl groups excluding tert-OH is 1. The van der Waals surface area contributed by atoms with Crippen LogP contribution in [0.4, 0.5) is 11.5 Å². The van der Waals surface area contributed by atoms with Gasteiger partial charge >= 0.3 is 5.69 Å². The number of anilines is 1. The van der Waals surface area contributed by atoms with Gasteiger partial charge in [-0.15, -0.1) is 0 Å². The smallest absolute Gasteiger partial charge is 0.311 e. The molecule has 0 aliphatic carbocycles. The standard InChI is InChI=1S/C10H14ClN3O3/c1-10(2,5-6-15)13-9-7(14(16)17)3-4-8(11)12-9/h3-4,15H,5-6H2,1-2H3,(H,12,13). The summed E-state index contributed by atoms with van der Waals surface area (Å²) in [5.41, 5.74) is -0.641. The summed E-state index contributed by atoms with van der Waals surface area (Å²) < 4.78 is 0. The van der Waals surface area contributed by atoms with E-state index >= 15 is 0 Å². The second kappa shape index (κ2) is 5.29. The zero-order valence-electron chi connectivity index (χ0n) is 9.61. The Kier molecular flexibility index (Phi) is 4.25. The molecule has 0 atom stereocenters. The molecule has 1 rings (SSSR count). The number of nitro groups is 1. The molecule has 0 saturated heterocycles. The number of aliphatic hydroxyl groups is 1. The first-order chi connectivity index (χ1) is 7.85.